The number of nitrogens with one attached hydrogen (secondary N) is 1. The topological polar surface area (TPSA) is 61.0 Å². The Labute approximate surface area is 269 Å². The molecule has 0 saturated carbocycles. The van der Waals surface area contributed by atoms with Crippen LogP contribution in [0.1, 0.15) is 0 Å². The number of para-hydroxylation sites is 6. The van der Waals surface area contributed by atoms with Crippen molar-refractivity contribution in [2.45, 2.75) is 0 Å². The molecule has 0 saturated heterocycles. The van der Waals surface area contributed by atoms with E-state index in [-0.39, 0.29) is 0 Å². The Morgan fingerprint density at radius 3 is 1.49 bits per heavy atom. The molecule has 222 valence electrons. The minimum atomic E-state index is 0.674. The highest BCUT2D eigenvalue weighted by atomic mass is 16.3. The molecule has 3 aromatic heterocycles. The summed E-state index contributed by atoms with van der Waals surface area (Å²) in [6, 6.07) is 53.2. The van der Waals surface area contributed by atoms with Crippen LogP contribution in [0.4, 0.5) is 17.1 Å². The fourth-order valence-electron chi connectivity index (χ4n) is 7.37. The fraction of sp³-hybridized carbons (Fsp3) is 0. The third-order valence-corrected chi connectivity index (χ3v) is 9.45. The maximum Gasteiger partial charge on any atom is 0.158 e. The number of fused-ring (bicyclic) bond motifs is 9. The summed E-state index contributed by atoms with van der Waals surface area (Å²) in [6.07, 6.45) is 0. The lowest BCUT2D eigenvalue weighted by atomic mass is 10.1. The number of benzene rings is 7. The van der Waals surface area contributed by atoms with Crippen molar-refractivity contribution in [3.05, 3.63) is 152 Å². The van der Waals surface area contributed by atoms with E-state index in [1.807, 2.05) is 24.3 Å². The summed E-state index contributed by atoms with van der Waals surface area (Å²) >= 11 is 0. The van der Waals surface area contributed by atoms with Gasteiger partial charge >= 0.3 is 0 Å². The van der Waals surface area contributed by atoms with Gasteiger partial charge < -0.3 is 24.6 Å². The largest absolute Gasteiger partial charge is 0.454 e. The lowest BCUT2D eigenvalue weighted by Gasteiger charge is -2.14. The first-order valence-corrected chi connectivity index (χ1v) is 15.8. The first-order chi connectivity index (χ1) is 23.2. The van der Waals surface area contributed by atoms with E-state index >= 15 is 0 Å². The molecule has 0 aliphatic heterocycles. The molecular formula is C42H28N4O. The van der Waals surface area contributed by atoms with Crippen molar-refractivity contribution in [1.29, 1.82) is 0 Å². The summed E-state index contributed by atoms with van der Waals surface area (Å²) in [5.74, 6) is 0. The normalized spacial score (nSPS) is 11.9. The van der Waals surface area contributed by atoms with Crippen LogP contribution in [0.15, 0.2) is 156 Å². The van der Waals surface area contributed by atoms with Gasteiger partial charge in [0.1, 0.15) is 5.58 Å². The van der Waals surface area contributed by atoms with Crippen LogP contribution in [0.3, 0.4) is 0 Å². The molecule has 5 heteroatoms. The van der Waals surface area contributed by atoms with E-state index in [1.165, 1.54) is 32.6 Å². The van der Waals surface area contributed by atoms with E-state index in [0.29, 0.717) is 5.69 Å². The van der Waals surface area contributed by atoms with Gasteiger partial charge in [0.2, 0.25) is 0 Å². The minimum absolute atomic E-state index is 0.674. The lowest BCUT2D eigenvalue weighted by Crippen LogP contribution is -1.99. The summed E-state index contributed by atoms with van der Waals surface area (Å²) < 4.78 is 11.4. The number of anilines is 3. The predicted octanol–water partition coefficient (Wildman–Crippen LogP) is 11.1. The molecule has 0 aliphatic rings. The van der Waals surface area contributed by atoms with Crippen LogP contribution in [-0.4, -0.2) is 9.13 Å². The third kappa shape index (κ3) is 3.77. The second-order valence-electron chi connectivity index (χ2n) is 12.1. The number of nitrogens with zero attached hydrogens (tertiary/aromatic N) is 2. The molecule has 0 aliphatic carbocycles. The second-order valence-corrected chi connectivity index (χ2v) is 12.1. The Kier molecular flexibility index (Phi) is 5.37. The number of furan rings is 1. The minimum Gasteiger partial charge on any atom is -0.454 e. The van der Waals surface area contributed by atoms with Crippen molar-refractivity contribution in [1.82, 2.24) is 9.13 Å². The maximum absolute atomic E-state index is 6.67. The number of nitrogens with two attached hydrogens (primary N) is 1. The Morgan fingerprint density at radius 1 is 0.426 bits per heavy atom. The van der Waals surface area contributed by atoms with Gasteiger partial charge in [-0.1, -0.05) is 84.9 Å². The Bertz CT molecular complexity index is 2740. The molecule has 3 N–H and O–H groups in total. The number of hydrogen-bond donors (Lipinski definition) is 2. The van der Waals surface area contributed by atoms with Crippen molar-refractivity contribution in [2.75, 3.05) is 11.1 Å². The first-order valence-electron chi connectivity index (χ1n) is 15.8. The van der Waals surface area contributed by atoms with Crippen molar-refractivity contribution in [3.63, 3.8) is 0 Å². The molecule has 7 aromatic carbocycles. The van der Waals surface area contributed by atoms with Crippen LogP contribution in [-0.2, 0) is 0 Å². The van der Waals surface area contributed by atoms with Crippen LogP contribution < -0.4 is 11.1 Å². The molecule has 0 unspecified atom stereocenters. The first kappa shape index (κ1) is 25.8. The van der Waals surface area contributed by atoms with Gasteiger partial charge in [-0.05, 0) is 66.7 Å². The zero-order valence-electron chi connectivity index (χ0n) is 25.3. The molecule has 5 nitrogen and oxygen atoms in total. The Hall–Kier alpha value is -6.46. The summed E-state index contributed by atoms with van der Waals surface area (Å²) in [5, 5.41) is 10.6. The molecule has 0 atom stereocenters. The monoisotopic (exact) mass is 604 g/mol. The van der Waals surface area contributed by atoms with Gasteiger partial charge in [-0.2, -0.15) is 0 Å². The molecule has 3 heterocycles. The summed E-state index contributed by atoms with van der Waals surface area (Å²) in [5.41, 5.74) is 17.2. The van der Waals surface area contributed by atoms with E-state index in [9.17, 15) is 0 Å². The van der Waals surface area contributed by atoms with Gasteiger partial charge in [0.05, 0.1) is 39.1 Å². The Morgan fingerprint density at radius 2 is 0.915 bits per heavy atom. The average molecular weight is 605 g/mol. The molecule has 0 spiro atoms. The van der Waals surface area contributed by atoms with Crippen molar-refractivity contribution in [2.24, 2.45) is 0 Å². The summed E-state index contributed by atoms with van der Waals surface area (Å²) in [4.78, 5) is 0. The fourth-order valence-corrected chi connectivity index (χ4v) is 7.37. The van der Waals surface area contributed by atoms with Gasteiger partial charge in [0.25, 0.3) is 0 Å². The van der Waals surface area contributed by atoms with E-state index < -0.39 is 0 Å². The van der Waals surface area contributed by atoms with Crippen LogP contribution in [0, 0.1) is 0 Å². The molecule has 47 heavy (non-hydrogen) atoms. The highest BCUT2D eigenvalue weighted by molar-refractivity contribution is 6.14. The van der Waals surface area contributed by atoms with Crippen molar-refractivity contribution >= 4 is 82.6 Å². The highest BCUT2D eigenvalue weighted by Gasteiger charge is 2.19. The SMILES string of the molecule is Nc1ccccc1Nc1cc(-n2c3ccccc3c3ccccc32)cc2c1oc1ccc(-n3c4ccccc4c4ccccc43)cc12. The zero-order chi connectivity index (χ0) is 31.1. The third-order valence-electron chi connectivity index (χ3n) is 9.45. The van der Waals surface area contributed by atoms with Gasteiger partial charge in [-0.15, -0.1) is 0 Å². The molecule has 10 rings (SSSR count). The van der Waals surface area contributed by atoms with Crippen LogP contribution in [0.25, 0.3) is 76.9 Å². The van der Waals surface area contributed by atoms with E-state index in [1.54, 1.807) is 0 Å². The van der Waals surface area contributed by atoms with E-state index in [2.05, 4.69) is 142 Å². The van der Waals surface area contributed by atoms with E-state index in [4.69, 9.17) is 10.2 Å². The zero-order valence-corrected chi connectivity index (χ0v) is 25.3. The molecule has 0 fully saturated rings. The molecular weight excluding hydrogens is 576 g/mol. The van der Waals surface area contributed by atoms with Crippen molar-refractivity contribution in [3.8, 4) is 11.4 Å². The standard InChI is InChI=1S/C42H28N4O/c43-34-15-5-6-16-35(34)44-36-25-27(46-39-19-9-3-13-30(39)31-14-4-10-20-40(31)46)24-33-32-23-26(21-22-41(32)47-42(33)36)45-37-17-7-1-11-28(37)29-12-2-8-18-38(29)45/h1-25,44H,43H2. The highest BCUT2D eigenvalue weighted by Crippen LogP contribution is 2.41. The van der Waals surface area contributed by atoms with E-state index in [0.717, 1.165) is 55.7 Å². The van der Waals surface area contributed by atoms with Gasteiger partial charge in [-0.25, -0.2) is 0 Å². The smallest absolute Gasteiger partial charge is 0.158 e. The average Bonchev–Trinajstić information content (AvgIpc) is 3.77. The van der Waals surface area contributed by atoms with Gasteiger partial charge in [-0.3, -0.25) is 0 Å². The molecule has 0 amide bonds. The number of nitrogen functional groups attached to an aromatic ring is 1. The van der Waals surface area contributed by atoms with Crippen LogP contribution in [0.5, 0.6) is 0 Å². The maximum atomic E-state index is 6.67. The second kappa shape index (κ2) is 9.77. The Balaban J connectivity index is 1.28. The predicted molar refractivity (Wildman–Crippen MR) is 197 cm³/mol. The summed E-state index contributed by atoms with van der Waals surface area (Å²) in [6.45, 7) is 0. The number of hydrogen-bond acceptors (Lipinski definition) is 3. The van der Waals surface area contributed by atoms with Crippen LogP contribution in [0.2, 0.25) is 0 Å². The lowest BCUT2D eigenvalue weighted by molar-refractivity contribution is 0.670. The van der Waals surface area contributed by atoms with Gasteiger partial charge in [0, 0.05) is 43.7 Å². The van der Waals surface area contributed by atoms with Crippen LogP contribution >= 0.6 is 0 Å². The quantitative estimate of drug-likeness (QED) is 0.197. The summed E-state index contributed by atoms with van der Waals surface area (Å²) in [7, 11) is 0. The van der Waals surface area contributed by atoms with Gasteiger partial charge in [0.15, 0.2) is 5.58 Å². The molecule has 0 bridgehead atoms. The number of rotatable bonds is 4. The molecule has 10 aromatic rings. The number of aromatic nitrogens is 2. The van der Waals surface area contributed by atoms with Crippen molar-refractivity contribution < 1.29 is 4.42 Å². The molecule has 0 radical (unpaired) electrons.